The Bertz CT molecular complexity index is 660. The van der Waals surface area contributed by atoms with Gasteiger partial charge in [0.1, 0.15) is 11.8 Å². The summed E-state index contributed by atoms with van der Waals surface area (Å²) < 4.78 is 10.3. The van der Waals surface area contributed by atoms with E-state index < -0.39 is 0 Å². The molecule has 1 fully saturated rings. The van der Waals surface area contributed by atoms with Crippen LogP contribution in [-0.2, 0) is 9.53 Å². The number of hydrogen-bond acceptors (Lipinski definition) is 6. The minimum Gasteiger partial charge on any atom is -0.496 e. The number of nitrogens with one attached hydrogen (secondary N) is 1. The number of ether oxygens (including phenoxy) is 2. The molecular weight excluding hydrogens is 358 g/mol. The topological polar surface area (TPSA) is 93.9 Å². The molecule has 144 valence electrons. The van der Waals surface area contributed by atoms with Gasteiger partial charge in [0.25, 0.3) is 5.91 Å². The molecule has 0 bridgehead atoms. The molecule has 1 unspecified atom stereocenters. The van der Waals surface area contributed by atoms with Gasteiger partial charge in [-0.25, -0.2) is 0 Å². The number of hydrogen-bond donors (Lipinski definition) is 2. The molecule has 7 nitrogen and oxygen atoms in total. The molecule has 0 aromatic heterocycles. The summed E-state index contributed by atoms with van der Waals surface area (Å²) in [7, 11) is 1.48. The number of rotatable bonds is 6. The molecule has 1 atom stereocenters. The van der Waals surface area contributed by atoms with Crippen LogP contribution in [0.15, 0.2) is 12.1 Å². The lowest BCUT2D eigenvalue weighted by molar-refractivity contribution is -0.149. The smallest absolute Gasteiger partial charge is 0.323 e. The van der Waals surface area contributed by atoms with Crippen molar-refractivity contribution >= 4 is 29.2 Å². The van der Waals surface area contributed by atoms with Gasteiger partial charge >= 0.3 is 5.97 Å². The summed E-state index contributed by atoms with van der Waals surface area (Å²) in [4.78, 5) is 26.5. The van der Waals surface area contributed by atoms with Gasteiger partial charge in [0, 0.05) is 25.2 Å². The molecule has 0 spiro atoms. The van der Waals surface area contributed by atoms with Crippen LogP contribution < -0.4 is 15.8 Å². The summed E-state index contributed by atoms with van der Waals surface area (Å²) in [5.41, 5.74) is 6.47. The van der Waals surface area contributed by atoms with Gasteiger partial charge in [0.05, 0.1) is 30.0 Å². The number of amides is 1. The zero-order valence-electron chi connectivity index (χ0n) is 15.4. The average Bonchev–Trinajstić information content (AvgIpc) is 2.63. The molecule has 2 rings (SSSR count). The largest absolute Gasteiger partial charge is 0.496 e. The van der Waals surface area contributed by atoms with Gasteiger partial charge < -0.3 is 20.5 Å². The van der Waals surface area contributed by atoms with Crippen molar-refractivity contribution < 1.29 is 19.1 Å². The summed E-state index contributed by atoms with van der Waals surface area (Å²) in [6, 6.07) is 2.81. The number of anilines is 1. The third-order valence-electron chi connectivity index (χ3n) is 4.60. The molecule has 1 heterocycles. The fourth-order valence-corrected chi connectivity index (χ4v) is 3.19. The number of likely N-dealkylation sites (tertiary alicyclic amines) is 1. The van der Waals surface area contributed by atoms with Crippen molar-refractivity contribution in [2.24, 2.45) is 0 Å². The van der Waals surface area contributed by atoms with E-state index in [1.54, 1.807) is 13.0 Å². The van der Waals surface area contributed by atoms with Crippen molar-refractivity contribution in [3.05, 3.63) is 22.7 Å². The number of nitrogens with zero attached hydrogens (tertiary/aromatic N) is 1. The second-order valence-corrected chi connectivity index (χ2v) is 6.69. The lowest BCUT2D eigenvalue weighted by Crippen LogP contribution is -2.49. The Kier molecular flexibility index (Phi) is 7.11. The molecule has 0 aliphatic carbocycles. The third kappa shape index (κ3) is 4.80. The normalized spacial score (nSPS) is 16.8. The Balaban J connectivity index is 1.94. The van der Waals surface area contributed by atoms with E-state index in [1.165, 1.54) is 13.2 Å². The summed E-state index contributed by atoms with van der Waals surface area (Å²) >= 11 is 6.03. The van der Waals surface area contributed by atoms with Gasteiger partial charge in [0.15, 0.2) is 0 Å². The molecule has 0 saturated carbocycles. The number of methoxy groups -OCH3 is 1. The molecule has 8 heteroatoms. The monoisotopic (exact) mass is 383 g/mol. The predicted molar refractivity (Wildman–Crippen MR) is 101 cm³/mol. The van der Waals surface area contributed by atoms with Crippen LogP contribution in [-0.4, -0.2) is 55.7 Å². The molecule has 1 aromatic rings. The number of nitrogens with two attached hydrogens (primary N) is 1. The summed E-state index contributed by atoms with van der Waals surface area (Å²) in [5, 5.41) is 3.32. The highest BCUT2D eigenvalue weighted by atomic mass is 35.5. The second-order valence-electron chi connectivity index (χ2n) is 6.29. The van der Waals surface area contributed by atoms with Gasteiger partial charge in [-0.3, -0.25) is 14.5 Å². The van der Waals surface area contributed by atoms with E-state index in [-0.39, 0.29) is 24.0 Å². The van der Waals surface area contributed by atoms with E-state index in [9.17, 15) is 9.59 Å². The van der Waals surface area contributed by atoms with Gasteiger partial charge in [0.2, 0.25) is 0 Å². The number of benzene rings is 1. The van der Waals surface area contributed by atoms with Crippen molar-refractivity contribution in [1.29, 1.82) is 0 Å². The predicted octanol–water partition coefficient (Wildman–Crippen LogP) is 2.08. The van der Waals surface area contributed by atoms with Crippen LogP contribution >= 0.6 is 11.6 Å². The van der Waals surface area contributed by atoms with E-state index in [0.717, 1.165) is 12.8 Å². The maximum Gasteiger partial charge on any atom is 0.323 e. The Labute approximate surface area is 158 Å². The van der Waals surface area contributed by atoms with Gasteiger partial charge in [-0.1, -0.05) is 11.6 Å². The first-order chi connectivity index (χ1) is 12.4. The zero-order chi connectivity index (χ0) is 19.3. The maximum absolute atomic E-state index is 12.6. The SMILES string of the molecule is CCOC(=O)C(C)N1CCC(NC(=O)c2cc(Cl)c(N)cc2OC)CC1. The molecule has 0 radical (unpaired) electrons. The molecule has 1 aliphatic rings. The summed E-state index contributed by atoms with van der Waals surface area (Å²) in [6.07, 6.45) is 1.50. The highest BCUT2D eigenvalue weighted by Gasteiger charge is 2.28. The average molecular weight is 384 g/mol. The highest BCUT2D eigenvalue weighted by molar-refractivity contribution is 6.33. The van der Waals surface area contributed by atoms with Crippen LogP contribution in [0.1, 0.15) is 37.0 Å². The Hall–Kier alpha value is -1.99. The molecular formula is C18H26ClN3O4. The molecule has 3 N–H and O–H groups in total. The van der Waals surface area contributed by atoms with E-state index in [1.807, 2.05) is 6.92 Å². The fourth-order valence-electron chi connectivity index (χ4n) is 3.02. The number of nitrogen functional groups attached to an aromatic ring is 1. The molecule has 1 saturated heterocycles. The lowest BCUT2D eigenvalue weighted by atomic mass is 10.0. The zero-order valence-corrected chi connectivity index (χ0v) is 16.1. The van der Waals surface area contributed by atoms with Crippen molar-refractivity contribution in [3.8, 4) is 5.75 Å². The molecule has 1 aliphatic heterocycles. The van der Waals surface area contributed by atoms with Crippen molar-refractivity contribution in [3.63, 3.8) is 0 Å². The number of halogens is 1. The highest BCUT2D eigenvalue weighted by Crippen LogP contribution is 2.29. The first-order valence-corrected chi connectivity index (χ1v) is 9.09. The third-order valence-corrected chi connectivity index (χ3v) is 4.93. The van der Waals surface area contributed by atoms with E-state index in [4.69, 9.17) is 26.8 Å². The minimum atomic E-state index is -0.275. The van der Waals surface area contributed by atoms with Crippen molar-refractivity contribution in [2.45, 2.75) is 38.8 Å². The minimum absolute atomic E-state index is 0.0224. The number of piperidine rings is 1. The first-order valence-electron chi connectivity index (χ1n) is 8.71. The van der Waals surface area contributed by atoms with Crippen LogP contribution in [0.4, 0.5) is 5.69 Å². The van der Waals surface area contributed by atoms with Crippen LogP contribution in [0.2, 0.25) is 5.02 Å². The van der Waals surface area contributed by atoms with Crippen molar-refractivity contribution in [2.75, 3.05) is 32.5 Å². The number of carbonyl (C=O) groups excluding carboxylic acids is 2. The summed E-state index contributed by atoms with van der Waals surface area (Å²) in [5.74, 6) is -0.0744. The number of esters is 1. The van der Waals surface area contributed by atoms with Crippen LogP contribution in [0.5, 0.6) is 5.75 Å². The Morgan fingerprint density at radius 1 is 1.38 bits per heavy atom. The van der Waals surface area contributed by atoms with Crippen molar-refractivity contribution in [1.82, 2.24) is 10.2 Å². The quantitative estimate of drug-likeness (QED) is 0.577. The van der Waals surface area contributed by atoms with E-state index >= 15 is 0 Å². The maximum atomic E-state index is 12.6. The molecule has 26 heavy (non-hydrogen) atoms. The standard InChI is InChI=1S/C18H26ClN3O4/c1-4-26-18(24)11(2)22-7-5-12(6-8-22)21-17(23)13-9-14(19)15(20)10-16(13)25-3/h9-12H,4-8,20H2,1-3H3,(H,21,23). The lowest BCUT2D eigenvalue weighted by Gasteiger charge is -2.35. The van der Waals surface area contributed by atoms with Gasteiger partial charge in [-0.15, -0.1) is 0 Å². The second kappa shape index (κ2) is 9.09. The Morgan fingerprint density at radius 2 is 2.04 bits per heavy atom. The van der Waals surface area contributed by atoms with E-state index in [2.05, 4.69) is 10.2 Å². The molecule has 1 amide bonds. The van der Waals surface area contributed by atoms with E-state index in [0.29, 0.717) is 41.7 Å². The van der Waals surface area contributed by atoms with Crippen LogP contribution in [0.3, 0.4) is 0 Å². The summed E-state index contributed by atoms with van der Waals surface area (Å²) in [6.45, 7) is 5.44. The molecule has 1 aromatic carbocycles. The number of carbonyl (C=O) groups is 2. The fraction of sp³-hybridized carbons (Fsp3) is 0.556. The van der Waals surface area contributed by atoms with Crippen LogP contribution in [0, 0.1) is 0 Å². The van der Waals surface area contributed by atoms with Crippen LogP contribution in [0.25, 0.3) is 0 Å². The Morgan fingerprint density at radius 3 is 2.62 bits per heavy atom. The van der Waals surface area contributed by atoms with Gasteiger partial charge in [-0.2, -0.15) is 0 Å². The van der Waals surface area contributed by atoms with Gasteiger partial charge in [-0.05, 0) is 32.8 Å². The first kappa shape index (κ1) is 20.3.